The van der Waals surface area contributed by atoms with Gasteiger partial charge in [-0.15, -0.1) is 0 Å². The monoisotopic (exact) mass is 459 g/mol. The van der Waals surface area contributed by atoms with E-state index in [1.54, 1.807) is 40.8 Å². The minimum Gasteiger partial charge on any atom is -0.477 e. The summed E-state index contributed by atoms with van der Waals surface area (Å²) in [6.45, 7) is 0.221. The summed E-state index contributed by atoms with van der Waals surface area (Å²) in [5, 5.41) is 12.1. The molecule has 0 aliphatic heterocycles. The van der Waals surface area contributed by atoms with Gasteiger partial charge in [-0.25, -0.2) is 14.6 Å². The van der Waals surface area contributed by atoms with Gasteiger partial charge >= 0.3 is 12.1 Å². The maximum absolute atomic E-state index is 12.1. The molecule has 0 saturated heterocycles. The number of nitrogens with one attached hydrogen (secondary N) is 1. The van der Waals surface area contributed by atoms with E-state index in [1.165, 1.54) is 17.5 Å². The fourth-order valence-electron chi connectivity index (χ4n) is 3.39. The van der Waals surface area contributed by atoms with Crippen LogP contribution in [-0.2, 0) is 6.54 Å². The lowest BCUT2D eigenvalue weighted by atomic mass is 10.2. The zero-order valence-electron chi connectivity index (χ0n) is 17.1. The lowest BCUT2D eigenvalue weighted by molar-refractivity contribution is 0.0690. The van der Waals surface area contributed by atoms with Crippen LogP contribution in [0.15, 0.2) is 79.0 Å². The van der Waals surface area contributed by atoms with Crippen molar-refractivity contribution in [1.82, 2.24) is 14.7 Å². The maximum atomic E-state index is 12.1. The van der Waals surface area contributed by atoms with Gasteiger partial charge in [0.1, 0.15) is 17.2 Å². The van der Waals surface area contributed by atoms with Gasteiger partial charge in [0.15, 0.2) is 10.7 Å². The fourth-order valence-corrected chi connectivity index (χ4v) is 4.42. The number of aromatic nitrogens is 2. The minimum absolute atomic E-state index is 0.115. The average molecular weight is 459 g/mol. The zero-order chi connectivity index (χ0) is 22.8. The Labute approximate surface area is 191 Å². The van der Waals surface area contributed by atoms with Gasteiger partial charge in [0.25, 0.3) is 0 Å². The van der Waals surface area contributed by atoms with Crippen LogP contribution in [0, 0.1) is 0 Å². The predicted molar refractivity (Wildman–Crippen MR) is 123 cm³/mol. The lowest BCUT2D eigenvalue weighted by Gasteiger charge is -2.12. The second-order valence-corrected chi connectivity index (χ2v) is 8.07. The van der Waals surface area contributed by atoms with Gasteiger partial charge in [0, 0.05) is 18.2 Å². The Balaban J connectivity index is 1.34. The normalized spacial score (nSPS) is 10.9. The van der Waals surface area contributed by atoms with E-state index in [0.29, 0.717) is 22.2 Å². The number of carbonyl (C=O) groups excluding carboxylic acids is 1. The molecule has 0 spiro atoms. The van der Waals surface area contributed by atoms with Crippen molar-refractivity contribution in [2.75, 3.05) is 0 Å². The third-order valence-electron chi connectivity index (χ3n) is 4.90. The van der Waals surface area contributed by atoms with Crippen LogP contribution < -0.4 is 14.8 Å². The number of carboxylic acid groups (broad SMARTS) is 1. The van der Waals surface area contributed by atoms with Crippen molar-refractivity contribution in [2.45, 2.75) is 6.54 Å². The first-order chi connectivity index (χ1) is 16.1. The Morgan fingerprint density at radius 1 is 1.00 bits per heavy atom. The van der Waals surface area contributed by atoms with Crippen molar-refractivity contribution in [3.05, 3.63) is 90.3 Å². The van der Waals surface area contributed by atoms with Gasteiger partial charge in [-0.1, -0.05) is 47.7 Å². The molecule has 0 radical (unpaired) electrons. The summed E-state index contributed by atoms with van der Waals surface area (Å²) in [7, 11) is 0. The number of nitrogens with zero attached hydrogens (tertiary/aromatic N) is 2. The van der Waals surface area contributed by atoms with Crippen LogP contribution in [0.2, 0.25) is 0 Å². The highest BCUT2D eigenvalue weighted by Crippen LogP contribution is 2.33. The van der Waals surface area contributed by atoms with E-state index in [9.17, 15) is 14.7 Å². The van der Waals surface area contributed by atoms with Gasteiger partial charge in [-0.3, -0.25) is 4.40 Å². The molecule has 0 saturated carbocycles. The molecule has 0 bridgehead atoms. The Hall–Kier alpha value is -4.37. The number of fused-ring (bicyclic) bond motifs is 3. The van der Waals surface area contributed by atoms with E-state index in [2.05, 4.69) is 10.3 Å². The number of amides is 1. The molecule has 8 nitrogen and oxygen atoms in total. The fraction of sp³-hybridized carbons (Fsp3) is 0.0417. The summed E-state index contributed by atoms with van der Waals surface area (Å²) in [5.74, 6) is 0.601. The van der Waals surface area contributed by atoms with Crippen molar-refractivity contribution in [3.8, 4) is 17.2 Å². The van der Waals surface area contributed by atoms with E-state index in [0.717, 1.165) is 15.8 Å². The molecular weight excluding hydrogens is 442 g/mol. The first kappa shape index (κ1) is 20.5. The molecule has 5 rings (SSSR count). The van der Waals surface area contributed by atoms with Crippen LogP contribution in [0.3, 0.4) is 0 Å². The summed E-state index contributed by atoms with van der Waals surface area (Å²) in [5.41, 5.74) is 1.64. The van der Waals surface area contributed by atoms with E-state index in [1.807, 2.05) is 36.4 Å². The maximum Gasteiger partial charge on any atom is 0.412 e. The van der Waals surface area contributed by atoms with Gasteiger partial charge in [0.05, 0.1) is 16.4 Å². The number of ether oxygens (including phenoxy) is 2. The number of para-hydroxylation sites is 2. The van der Waals surface area contributed by atoms with E-state index in [4.69, 9.17) is 9.47 Å². The highest BCUT2D eigenvalue weighted by Gasteiger charge is 2.16. The molecule has 0 aliphatic rings. The SMILES string of the molecule is O=C(NCc1ccccc1Oc1ccc2c(c1)sc1ncc(C(=O)O)n12)Oc1ccccc1. The summed E-state index contributed by atoms with van der Waals surface area (Å²) in [4.78, 5) is 28.4. The summed E-state index contributed by atoms with van der Waals surface area (Å²) >= 11 is 1.38. The Bertz CT molecular complexity index is 1480. The molecule has 0 atom stereocenters. The number of thiazole rings is 1. The molecular formula is C24H17N3O5S. The molecule has 2 N–H and O–H groups in total. The van der Waals surface area contributed by atoms with E-state index in [-0.39, 0.29) is 12.2 Å². The second-order valence-electron chi connectivity index (χ2n) is 7.06. The molecule has 33 heavy (non-hydrogen) atoms. The number of hydrogen-bond donors (Lipinski definition) is 2. The number of carbonyl (C=O) groups is 2. The van der Waals surface area contributed by atoms with Crippen LogP contribution in [0.4, 0.5) is 4.79 Å². The molecule has 9 heteroatoms. The van der Waals surface area contributed by atoms with Crippen molar-refractivity contribution < 1.29 is 24.2 Å². The Morgan fingerprint density at radius 3 is 2.61 bits per heavy atom. The predicted octanol–water partition coefficient (Wildman–Crippen LogP) is 5.33. The number of rotatable bonds is 6. The van der Waals surface area contributed by atoms with Crippen LogP contribution in [0.25, 0.3) is 15.2 Å². The average Bonchev–Trinajstić information content (AvgIpc) is 3.38. The van der Waals surface area contributed by atoms with Crippen LogP contribution in [0.5, 0.6) is 17.2 Å². The highest BCUT2D eigenvalue weighted by molar-refractivity contribution is 7.23. The van der Waals surface area contributed by atoms with Crippen LogP contribution in [0.1, 0.15) is 16.1 Å². The molecule has 0 unspecified atom stereocenters. The van der Waals surface area contributed by atoms with Crippen molar-refractivity contribution in [3.63, 3.8) is 0 Å². The minimum atomic E-state index is -1.03. The van der Waals surface area contributed by atoms with Crippen molar-refractivity contribution >= 4 is 38.6 Å². The largest absolute Gasteiger partial charge is 0.477 e. The third-order valence-corrected chi connectivity index (χ3v) is 5.92. The first-order valence-electron chi connectivity index (χ1n) is 9.98. The number of imidazole rings is 1. The van der Waals surface area contributed by atoms with Gasteiger partial charge in [-0.2, -0.15) is 0 Å². The smallest absolute Gasteiger partial charge is 0.412 e. The Kier molecular flexibility index (Phi) is 5.37. The van der Waals surface area contributed by atoms with Gasteiger partial charge in [0.2, 0.25) is 0 Å². The quantitative estimate of drug-likeness (QED) is 0.356. The molecule has 2 heterocycles. The second kappa shape index (κ2) is 8.64. The summed E-state index contributed by atoms with van der Waals surface area (Å²) < 4.78 is 13.8. The number of benzene rings is 3. The molecule has 2 aromatic heterocycles. The first-order valence-corrected chi connectivity index (χ1v) is 10.8. The number of aromatic carboxylic acids is 1. The topological polar surface area (TPSA) is 102 Å². The van der Waals surface area contributed by atoms with Crippen LogP contribution in [-0.4, -0.2) is 26.6 Å². The molecule has 3 aromatic carbocycles. The zero-order valence-corrected chi connectivity index (χ0v) is 17.9. The van der Waals surface area contributed by atoms with E-state index < -0.39 is 12.1 Å². The van der Waals surface area contributed by atoms with Gasteiger partial charge in [-0.05, 0) is 30.3 Å². The molecule has 0 aliphatic carbocycles. The number of carboxylic acids is 1. The van der Waals surface area contributed by atoms with Gasteiger partial charge < -0.3 is 19.9 Å². The summed E-state index contributed by atoms with van der Waals surface area (Å²) in [6, 6.07) is 21.6. The molecule has 5 aromatic rings. The Morgan fingerprint density at radius 2 is 1.79 bits per heavy atom. The standard InChI is InChI=1S/C24H17N3O5S/c28-22(29)19-14-25-23-27(19)18-11-10-17(12-21(18)33-23)31-20-9-5-4-6-15(20)13-26-24(30)32-16-7-2-1-3-8-16/h1-12,14H,13H2,(H,26,30)(H,28,29). The highest BCUT2D eigenvalue weighted by atomic mass is 32.1. The molecule has 1 amide bonds. The molecule has 0 fully saturated rings. The number of hydrogen-bond acceptors (Lipinski definition) is 6. The van der Waals surface area contributed by atoms with Crippen molar-refractivity contribution in [2.24, 2.45) is 0 Å². The van der Waals surface area contributed by atoms with Crippen LogP contribution >= 0.6 is 11.3 Å². The summed E-state index contributed by atoms with van der Waals surface area (Å²) in [6.07, 6.45) is 0.790. The van der Waals surface area contributed by atoms with E-state index >= 15 is 0 Å². The third kappa shape index (κ3) is 4.21. The molecule has 164 valence electrons. The van der Waals surface area contributed by atoms with Crippen molar-refractivity contribution in [1.29, 1.82) is 0 Å². The lowest BCUT2D eigenvalue weighted by Crippen LogP contribution is -2.26.